The number of hydrogen-bond donors (Lipinski definition) is 0. The third kappa shape index (κ3) is 4.13. The van der Waals surface area contributed by atoms with Crippen LogP contribution in [-0.2, 0) is 18.5 Å². The van der Waals surface area contributed by atoms with Crippen molar-refractivity contribution in [2.45, 2.75) is 23.7 Å². The predicted octanol–water partition coefficient (Wildman–Crippen LogP) is 4.78. The summed E-state index contributed by atoms with van der Waals surface area (Å²) in [4.78, 5) is 4.38. The van der Waals surface area contributed by atoms with Crippen LogP contribution in [0.15, 0.2) is 64.4 Å². The minimum absolute atomic E-state index is 0.346. The summed E-state index contributed by atoms with van der Waals surface area (Å²) in [6, 6.07) is 12.5. The Morgan fingerprint density at radius 3 is 2.56 bits per heavy atom. The average Bonchev–Trinajstić information content (AvgIpc) is 3.25. The van der Waals surface area contributed by atoms with Gasteiger partial charge in [-0.1, -0.05) is 41.2 Å². The summed E-state index contributed by atoms with van der Waals surface area (Å²) in [5.74, 6) is 0.528. The lowest BCUT2D eigenvalue weighted by atomic mass is 10.1. The first-order valence-corrected chi connectivity index (χ1v) is 8.99. The Morgan fingerprint density at radius 2 is 1.81 bits per heavy atom. The molecule has 138 valence electrons. The van der Waals surface area contributed by atoms with E-state index in [1.54, 1.807) is 10.9 Å². The second-order valence-corrected chi connectivity index (χ2v) is 6.76. The molecule has 0 aliphatic heterocycles. The van der Waals surface area contributed by atoms with Crippen molar-refractivity contribution < 1.29 is 17.6 Å². The third-order valence-corrected chi connectivity index (χ3v) is 4.69. The molecule has 0 saturated heterocycles. The van der Waals surface area contributed by atoms with Crippen molar-refractivity contribution in [3.05, 3.63) is 71.5 Å². The fourth-order valence-electron chi connectivity index (χ4n) is 2.52. The highest BCUT2D eigenvalue weighted by atomic mass is 32.2. The number of benzene rings is 2. The molecule has 0 spiro atoms. The van der Waals surface area contributed by atoms with E-state index in [0.29, 0.717) is 23.1 Å². The van der Waals surface area contributed by atoms with Crippen LogP contribution in [0, 0.1) is 0 Å². The Labute approximate surface area is 156 Å². The maximum Gasteiger partial charge on any atom is 0.416 e. The van der Waals surface area contributed by atoms with Crippen LogP contribution in [-0.4, -0.2) is 20.0 Å². The van der Waals surface area contributed by atoms with Gasteiger partial charge in [-0.05, 0) is 29.8 Å². The number of hydrogen-bond acceptors (Lipinski definition) is 5. The van der Waals surface area contributed by atoms with Crippen LogP contribution in [0.5, 0.6) is 0 Å². The molecule has 4 rings (SSSR count). The van der Waals surface area contributed by atoms with E-state index < -0.39 is 11.7 Å². The van der Waals surface area contributed by atoms with Crippen LogP contribution in [0.4, 0.5) is 13.2 Å². The molecule has 2 aromatic carbocycles. The predicted molar refractivity (Wildman–Crippen MR) is 94.1 cm³/mol. The number of alkyl halides is 3. The molecule has 0 atom stereocenters. The van der Waals surface area contributed by atoms with E-state index in [4.69, 9.17) is 4.42 Å². The highest BCUT2D eigenvalue weighted by molar-refractivity contribution is 7.98. The number of nitrogens with zero attached hydrogens (tertiary/aromatic N) is 4. The summed E-state index contributed by atoms with van der Waals surface area (Å²) >= 11 is 1.40. The lowest BCUT2D eigenvalue weighted by molar-refractivity contribution is -0.137. The monoisotopic (exact) mass is 390 g/mol. The normalized spacial score (nSPS) is 12.0. The second-order valence-electron chi connectivity index (χ2n) is 5.84. The van der Waals surface area contributed by atoms with Crippen LogP contribution < -0.4 is 0 Å². The summed E-state index contributed by atoms with van der Waals surface area (Å²) in [6.45, 7) is 0.346. The molecule has 0 saturated carbocycles. The molecule has 5 nitrogen and oxygen atoms in total. The molecule has 0 unspecified atom stereocenters. The van der Waals surface area contributed by atoms with Crippen molar-refractivity contribution >= 4 is 22.9 Å². The Kier molecular flexibility index (Phi) is 4.61. The van der Waals surface area contributed by atoms with Crippen molar-refractivity contribution in [1.82, 2.24) is 20.0 Å². The molecule has 0 N–H and O–H groups in total. The van der Waals surface area contributed by atoms with Gasteiger partial charge in [-0.3, -0.25) is 0 Å². The van der Waals surface area contributed by atoms with Gasteiger partial charge in [0.1, 0.15) is 5.52 Å². The van der Waals surface area contributed by atoms with E-state index in [1.165, 1.54) is 23.9 Å². The third-order valence-electron chi connectivity index (χ3n) is 3.83. The first kappa shape index (κ1) is 17.6. The zero-order chi connectivity index (χ0) is 18.9. The van der Waals surface area contributed by atoms with Crippen LogP contribution in [0.2, 0.25) is 0 Å². The molecule has 0 aliphatic rings. The SMILES string of the molecule is FC(F)(F)c1ccc(Cn2cc(CSc3nc4ccccc4o3)nn2)cc1. The summed E-state index contributed by atoms with van der Waals surface area (Å²) in [5.41, 5.74) is 2.30. The maximum atomic E-state index is 12.6. The molecular weight excluding hydrogens is 377 g/mol. The number of para-hydroxylation sites is 2. The highest BCUT2D eigenvalue weighted by Crippen LogP contribution is 2.29. The Morgan fingerprint density at radius 1 is 1.04 bits per heavy atom. The number of oxazole rings is 1. The quantitative estimate of drug-likeness (QED) is 0.459. The first-order chi connectivity index (χ1) is 13.0. The number of rotatable bonds is 5. The zero-order valence-corrected chi connectivity index (χ0v) is 14.7. The maximum absolute atomic E-state index is 12.6. The largest absolute Gasteiger partial charge is 0.431 e. The topological polar surface area (TPSA) is 56.7 Å². The molecule has 2 aromatic heterocycles. The fourth-order valence-corrected chi connectivity index (χ4v) is 3.23. The van der Waals surface area contributed by atoms with Crippen LogP contribution in [0.1, 0.15) is 16.8 Å². The summed E-state index contributed by atoms with van der Waals surface area (Å²) in [7, 11) is 0. The number of halogens is 3. The molecule has 0 aliphatic carbocycles. The molecule has 0 amide bonds. The zero-order valence-electron chi connectivity index (χ0n) is 13.8. The van der Waals surface area contributed by atoms with Gasteiger partial charge in [0, 0.05) is 11.9 Å². The average molecular weight is 390 g/mol. The molecule has 2 heterocycles. The van der Waals surface area contributed by atoms with Gasteiger partial charge >= 0.3 is 6.18 Å². The smallest absolute Gasteiger partial charge is 0.416 e. The van der Waals surface area contributed by atoms with Gasteiger partial charge in [0.2, 0.25) is 0 Å². The van der Waals surface area contributed by atoms with E-state index >= 15 is 0 Å². The molecule has 0 bridgehead atoms. The standard InChI is InChI=1S/C18H13F3N4OS/c19-18(20,21)13-7-5-12(6-8-13)9-25-10-14(23-24-25)11-27-17-22-15-3-1-2-4-16(15)26-17/h1-8,10H,9,11H2. The number of aromatic nitrogens is 4. The summed E-state index contributed by atoms with van der Waals surface area (Å²) < 4.78 is 45.0. The Hall–Kier alpha value is -2.81. The van der Waals surface area contributed by atoms with E-state index in [2.05, 4.69) is 15.3 Å². The van der Waals surface area contributed by atoms with Crippen molar-refractivity contribution in [2.75, 3.05) is 0 Å². The van der Waals surface area contributed by atoms with E-state index in [1.807, 2.05) is 24.3 Å². The number of fused-ring (bicyclic) bond motifs is 1. The van der Waals surface area contributed by atoms with Gasteiger partial charge in [0.15, 0.2) is 5.58 Å². The van der Waals surface area contributed by atoms with Gasteiger partial charge in [-0.15, -0.1) is 5.10 Å². The van der Waals surface area contributed by atoms with Gasteiger partial charge in [0.25, 0.3) is 5.22 Å². The lowest BCUT2D eigenvalue weighted by Crippen LogP contribution is -2.05. The van der Waals surface area contributed by atoms with Gasteiger partial charge < -0.3 is 4.42 Å². The second kappa shape index (κ2) is 7.07. The first-order valence-electron chi connectivity index (χ1n) is 8.01. The van der Waals surface area contributed by atoms with Crippen molar-refractivity contribution in [3.63, 3.8) is 0 Å². The summed E-state index contributed by atoms with van der Waals surface area (Å²) in [6.07, 6.45) is -2.58. The van der Waals surface area contributed by atoms with Crippen molar-refractivity contribution in [1.29, 1.82) is 0 Å². The molecule has 27 heavy (non-hydrogen) atoms. The van der Waals surface area contributed by atoms with Gasteiger partial charge in [-0.2, -0.15) is 13.2 Å². The van der Waals surface area contributed by atoms with Crippen LogP contribution in [0.3, 0.4) is 0 Å². The Bertz CT molecular complexity index is 1020. The Balaban J connectivity index is 1.38. The number of thioether (sulfide) groups is 1. The van der Waals surface area contributed by atoms with Crippen molar-refractivity contribution in [2.24, 2.45) is 0 Å². The van der Waals surface area contributed by atoms with Crippen molar-refractivity contribution in [3.8, 4) is 0 Å². The summed E-state index contributed by atoms with van der Waals surface area (Å²) in [5, 5.41) is 8.65. The minimum Gasteiger partial charge on any atom is -0.431 e. The van der Waals surface area contributed by atoms with Crippen LogP contribution in [0.25, 0.3) is 11.1 Å². The van der Waals surface area contributed by atoms with E-state index in [9.17, 15) is 13.2 Å². The molecular formula is C18H13F3N4OS. The van der Waals surface area contributed by atoms with Crippen LogP contribution >= 0.6 is 11.8 Å². The molecule has 0 radical (unpaired) electrons. The van der Waals surface area contributed by atoms with Gasteiger partial charge in [0.05, 0.1) is 17.8 Å². The minimum atomic E-state index is -4.33. The van der Waals surface area contributed by atoms with Gasteiger partial charge in [-0.25, -0.2) is 9.67 Å². The molecule has 9 heteroatoms. The van der Waals surface area contributed by atoms with E-state index in [0.717, 1.165) is 28.9 Å². The molecule has 0 fully saturated rings. The lowest BCUT2D eigenvalue weighted by Gasteiger charge is -2.07. The highest BCUT2D eigenvalue weighted by Gasteiger charge is 2.29. The molecule has 4 aromatic rings. The van der Waals surface area contributed by atoms with E-state index in [-0.39, 0.29) is 0 Å². The fraction of sp³-hybridized carbons (Fsp3) is 0.167.